The van der Waals surface area contributed by atoms with Crippen molar-refractivity contribution in [2.24, 2.45) is 0 Å². The Kier molecular flexibility index (Phi) is 56.3. The minimum atomic E-state index is -0.797. The SMILES string of the molecule is CC/C=C\C/C=C\C/C=C\C/C=C\CCCCCCC(=O)O[C@H](COC(=O)CCCCCCC/C=C\C/C=C\C/C=C\CC)COC(=O)CCCCCCCCCCCCCCCCCCCCCCC. The van der Waals surface area contributed by atoms with Gasteiger partial charge in [-0.3, -0.25) is 14.4 Å². The van der Waals surface area contributed by atoms with Crippen molar-refractivity contribution in [2.75, 3.05) is 13.2 Å². The third kappa shape index (κ3) is 57.4. The zero-order chi connectivity index (χ0) is 51.4. The molecule has 0 N–H and O–H groups in total. The van der Waals surface area contributed by atoms with E-state index in [9.17, 15) is 14.4 Å². The molecule has 0 aliphatic carbocycles. The topological polar surface area (TPSA) is 78.9 Å². The van der Waals surface area contributed by atoms with Gasteiger partial charge in [0.25, 0.3) is 0 Å². The maximum absolute atomic E-state index is 12.9. The number of hydrogen-bond acceptors (Lipinski definition) is 6. The minimum Gasteiger partial charge on any atom is -0.462 e. The number of esters is 3. The van der Waals surface area contributed by atoms with Crippen molar-refractivity contribution in [2.45, 2.75) is 297 Å². The summed E-state index contributed by atoms with van der Waals surface area (Å²) in [5, 5.41) is 0. The van der Waals surface area contributed by atoms with Gasteiger partial charge in [-0.1, -0.05) is 266 Å². The average Bonchev–Trinajstić information content (AvgIpc) is 3.37. The Morgan fingerprint density at radius 3 is 0.859 bits per heavy atom. The first kappa shape index (κ1) is 67.6. The van der Waals surface area contributed by atoms with E-state index in [0.29, 0.717) is 19.3 Å². The maximum Gasteiger partial charge on any atom is 0.306 e. The molecule has 1 atom stereocenters. The summed E-state index contributed by atoms with van der Waals surface area (Å²) in [5.41, 5.74) is 0. The van der Waals surface area contributed by atoms with Crippen molar-refractivity contribution < 1.29 is 28.6 Å². The highest BCUT2D eigenvalue weighted by molar-refractivity contribution is 5.71. The lowest BCUT2D eigenvalue weighted by Crippen LogP contribution is -2.30. The Hall–Kier alpha value is -3.41. The number of rotatable bonds is 54. The van der Waals surface area contributed by atoms with Crippen LogP contribution in [0.4, 0.5) is 0 Å². The first-order valence-corrected chi connectivity index (χ1v) is 30.1. The zero-order valence-corrected chi connectivity index (χ0v) is 46.7. The van der Waals surface area contributed by atoms with Gasteiger partial charge >= 0.3 is 17.9 Å². The van der Waals surface area contributed by atoms with Crippen LogP contribution in [0.2, 0.25) is 0 Å². The van der Waals surface area contributed by atoms with Crippen LogP contribution in [-0.4, -0.2) is 37.2 Å². The van der Waals surface area contributed by atoms with Crippen LogP contribution in [0, 0.1) is 0 Å². The molecule has 0 heterocycles. The molecule has 0 unspecified atom stereocenters. The van der Waals surface area contributed by atoms with E-state index >= 15 is 0 Å². The monoisotopic (exact) mass is 989 g/mol. The largest absolute Gasteiger partial charge is 0.462 e. The molecule has 0 spiro atoms. The van der Waals surface area contributed by atoms with Crippen molar-refractivity contribution in [1.82, 2.24) is 0 Å². The fourth-order valence-electron chi connectivity index (χ4n) is 8.45. The van der Waals surface area contributed by atoms with Gasteiger partial charge in [0.15, 0.2) is 6.10 Å². The standard InChI is InChI=1S/C65H112O6/c1-4-7-10-13-16-19-22-25-28-30-31-32-33-35-37-40-43-46-49-52-55-58-64(67)70-61-62(60-69-63(66)57-54-51-48-45-42-39-36-27-24-21-18-15-12-9-6-3)71-65(68)59-56-53-50-47-44-41-38-34-29-26-23-20-17-14-11-8-5-2/h8-9,11-12,17-18,20-21,26-27,29,36,38,41,62H,4-7,10,13-16,19,22-25,28,30-35,37,39-40,42-61H2,1-3H3/b11-8-,12-9-,20-17-,21-18-,29-26-,36-27-,41-38-/t62-/m1/s1. The van der Waals surface area contributed by atoms with E-state index in [0.717, 1.165) is 135 Å². The molecule has 0 aromatic rings. The summed E-state index contributed by atoms with van der Waals surface area (Å²) in [6.07, 6.45) is 77.3. The Morgan fingerprint density at radius 2 is 0.549 bits per heavy atom. The summed E-state index contributed by atoms with van der Waals surface area (Å²) in [7, 11) is 0. The van der Waals surface area contributed by atoms with Crippen LogP contribution in [0.3, 0.4) is 0 Å². The van der Waals surface area contributed by atoms with Crippen LogP contribution in [0.5, 0.6) is 0 Å². The highest BCUT2D eigenvalue weighted by atomic mass is 16.6. The van der Waals surface area contributed by atoms with Crippen LogP contribution in [0.15, 0.2) is 85.1 Å². The van der Waals surface area contributed by atoms with E-state index in [-0.39, 0.29) is 31.1 Å². The molecule has 0 saturated heterocycles. The molecule has 0 radical (unpaired) electrons. The molecule has 0 bridgehead atoms. The van der Waals surface area contributed by atoms with Crippen molar-refractivity contribution in [3.8, 4) is 0 Å². The summed E-state index contributed by atoms with van der Waals surface area (Å²) >= 11 is 0. The minimum absolute atomic E-state index is 0.0903. The summed E-state index contributed by atoms with van der Waals surface area (Å²) in [5.74, 6) is -0.922. The Bertz CT molecular complexity index is 1370. The Morgan fingerprint density at radius 1 is 0.296 bits per heavy atom. The van der Waals surface area contributed by atoms with Gasteiger partial charge in [0.1, 0.15) is 13.2 Å². The van der Waals surface area contributed by atoms with E-state index in [2.05, 4.69) is 106 Å². The van der Waals surface area contributed by atoms with Gasteiger partial charge < -0.3 is 14.2 Å². The van der Waals surface area contributed by atoms with E-state index in [1.807, 2.05) is 0 Å². The number of allylic oxidation sites excluding steroid dienone is 14. The van der Waals surface area contributed by atoms with Gasteiger partial charge in [-0.15, -0.1) is 0 Å². The second-order valence-corrected chi connectivity index (χ2v) is 19.9. The second-order valence-electron chi connectivity index (χ2n) is 19.9. The molecular formula is C65H112O6. The number of carbonyl (C=O) groups is 3. The first-order valence-electron chi connectivity index (χ1n) is 30.1. The average molecular weight is 990 g/mol. The first-order chi connectivity index (χ1) is 35.0. The summed E-state index contributed by atoms with van der Waals surface area (Å²) in [6.45, 7) is 6.41. The smallest absolute Gasteiger partial charge is 0.306 e. The van der Waals surface area contributed by atoms with Gasteiger partial charge in [0, 0.05) is 19.3 Å². The predicted molar refractivity (Wildman–Crippen MR) is 307 cm³/mol. The summed E-state index contributed by atoms with van der Waals surface area (Å²) < 4.78 is 16.9. The van der Waals surface area contributed by atoms with E-state index in [1.165, 1.54) is 116 Å². The van der Waals surface area contributed by atoms with Crippen molar-refractivity contribution in [3.63, 3.8) is 0 Å². The summed E-state index contributed by atoms with van der Waals surface area (Å²) in [6, 6.07) is 0. The van der Waals surface area contributed by atoms with Gasteiger partial charge in [-0.05, 0) is 89.9 Å². The highest BCUT2D eigenvalue weighted by Gasteiger charge is 2.19. The van der Waals surface area contributed by atoms with Crippen molar-refractivity contribution >= 4 is 17.9 Å². The molecule has 0 fully saturated rings. The molecule has 0 aromatic carbocycles. The third-order valence-corrected chi connectivity index (χ3v) is 12.9. The third-order valence-electron chi connectivity index (χ3n) is 12.9. The highest BCUT2D eigenvalue weighted by Crippen LogP contribution is 2.16. The Balaban J connectivity index is 4.39. The van der Waals surface area contributed by atoms with E-state index in [1.54, 1.807) is 0 Å². The quantitative estimate of drug-likeness (QED) is 0.0261. The zero-order valence-electron chi connectivity index (χ0n) is 46.7. The normalized spacial score (nSPS) is 12.7. The number of hydrogen-bond donors (Lipinski definition) is 0. The predicted octanol–water partition coefficient (Wildman–Crippen LogP) is 20.3. The molecule has 0 amide bonds. The van der Waals surface area contributed by atoms with Crippen LogP contribution >= 0.6 is 0 Å². The number of carbonyl (C=O) groups excluding carboxylic acids is 3. The van der Waals surface area contributed by atoms with Crippen LogP contribution < -0.4 is 0 Å². The molecule has 408 valence electrons. The fraction of sp³-hybridized carbons (Fsp3) is 0.738. The Labute approximate surface area is 439 Å². The lowest BCUT2D eigenvalue weighted by Gasteiger charge is -2.18. The van der Waals surface area contributed by atoms with Gasteiger partial charge in [0.05, 0.1) is 0 Å². The maximum atomic E-state index is 12.9. The van der Waals surface area contributed by atoms with Gasteiger partial charge in [-0.2, -0.15) is 0 Å². The van der Waals surface area contributed by atoms with Crippen molar-refractivity contribution in [3.05, 3.63) is 85.1 Å². The van der Waals surface area contributed by atoms with E-state index < -0.39 is 6.10 Å². The number of unbranched alkanes of at least 4 members (excludes halogenated alkanes) is 29. The number of ether oxygens (including phenoxy) is 3. The lowest BCUT2D eigenvalue weighted by atomic mass is 10.0. The van der Waals surface area contributed by atoms with Gasteiger partial charge in [-0.25, -0.2) is 0 Å². The molecule has 0 rings (SSSR count). The molecule has 6 heteroatoms. The molecule has 6 nitrogen and oxygen atoms in total. The molecular weight excluding hydrogens is 877 g/mol. The lowest BCUT2D eigenvalue weighted by molar-refractivity contribution is -0.167. The van der Waals surface area contributed by atoms with Gasteiger partial charge in [0.2, 0.25) is 0 Å². The molecule has 0 saturated carbocycles. The molecule has 0 aromatic heterocycles. The van der Waals surface area contributed by atoms with E-state index in [4.69, 9.17) is 14.2 Å². The van der Waals surface area contributed by atoms with Crippen LogP contribution in [0.25, 0.3) is 0 Å². The fourth-order valence-corrected chi connectivity index (χ4v) is 8.45. The molecule has 0 aliphatic heterocycles. The molecule has 0 aliphatic rings. The van der Waals surface area contributed by atoms with Crippen LogP contribution in [0.1, 0.15) is 290 Å². The summed E-state index contributed by atoms with van der Waals surface area (Å²) in [4.78, 5) is 38.2. The van der Waals surface area contributed by atoms with Crippen LogP contribution in [-0.2, 0) is 28.6 Å². The second kappa shape index (κ2) is 59.2. The molecule has 71 heavy (non-hydrogen) atoms. The van der Waals surface area contributed by atoms with Crippen molar-refractivity contribution in [1.29, 1.82) is 0 Å².